The zero-order valence-electron chi connectivity index (χ0n) is 10.1. The number of anilines is 2. The zero-order chi connectivity index (χ0) is 13.7. The minimum Gasteiger partial charge on any atom is -0.368 e. The first-order valence-electron chi connectivity index (χ1n) is 5.48. The maximum Gasteiger partial charge on any atom is 0.238 e. The van der Waals surface area contributed by atoms with Crippen LogP contribution in [0.3, 0.4) is 0 Å². The second-order valence-electron chi connectivity index (χ2n) is 3.59. The van der Waals surface area contributed by atoms with Gasteiger partial charge in [-0.1, -0.05) is 17.8 Å². The van der Waals surface area contributed by atoms with Crippen molar-refractivity contribution in [3.63, 3.8) is 0 Å². The second-order valence-corrected chi connectivity index (χ2v) is 4.90. The Hall–Kier alpha value is -2.22. The van der Waals surface area contributed by atoms with Crippen molar-refractivity contribution < 1.29 is 4.79 Å². The third-order valence-corrected chi connectivity index (χ3v) is 3.11. The number of amides is 1. The van der Waals surface area contributed by atoms with Gasteiger partial charge in [-0.15, -0.1) is 0 Å². The molecule has 0 spiro atoms. The highest BCUT2D eigenvalue weighted by Crippen LogP contribution is 2.20. The molecule has 0 fully saturated rings. The molecule has 1 amide bonds. The summed E-state index contributed by atoms with van der Waals surface area (Å²) in [7, 11) is 0. The molecule has 3 N–H and O–H groups in total. The van der Waals surface area contributed by atoms with Crippen molar-refractivity contribution in [1.82, 2.24) is 19.9 Å². The van der Waals surface area contributed by atoms with E-state index in [9.17, 15) is 4.79 Å². The van der Waals surface area contributed by atoms with E-state index in [4.69, 9.17) is 5.73 Å². The van der Waals surface area contributed by atoms with Gasteiger partial charge in [0.25, 0.3) is 0 Å². The number of carbonyl (C=O) groups excluding carboxylic acids is 1. The second kappa shape index (κ2) is 6.10. The van der Waals surface area contributed by atoms with Gasteiger partial charge in [0.15, 0.2) is 5.16 Å². The minimum atomic E-state index is -0.371. The van der Waals surface area contributed by atoms with Gasteiger partial charge >= 0.3 is 0 Å². The first-order chi connectivity index (χ1) is 9.15. The third kappa shape index (κ3) is 3.88. The molecular formula is C11H12N6OS. The number of nitrogens with zero attached hydrogens (tertiary/aromatic N) is 4. The number of hydrogen-bond donors (Lipinski definition) is 2. The van der Waals surface area contributed by atoms with Crippen LogP contribution in [0.2, 0.25) is 0 Å². The molecule has 0 aromatic carbocycles. The molecule has 2 rings (SSSR count). The molecule has 0 saturated heterocycles. The van der Waals surface area contributed by atoms with E-state index in [1.807, 2.05) is 0 Å². The standard InChI is InChI=1S/C11H12N6OS/c1-7(19-11-15-6-14-10(12)17-11)9(18)16-8-4-2-3-5-13-8/h2-7H,1H3,(H,13,16,18)(H2,12,14,15,17). The van der Waals surface area contributed by atoms with Crippen molar-refractivity contribution in [2.75, 3.05) is 11.1 Å². The van der Waals surface area contributed by atoms with Gasteiger partial charge in [0.2, 0.25) is 11.9 Å². The summed E-state index contributed by atoms with van der Waals surface area (Å²) >= 11 is 1.20. The molecule has 2 aromatic heterocycles. The summed E-state index contributed by atoms with van der Waals surface area (Å²) in [6, 6.07) is 5.30. The Morgan fingerprint density at radius 3 is 2.89 bits per heavy atom. The molecule has 19 heavy (non-hydrogen) atoms. The first kappa shape index (κ1) is 13.2. The number of hydrogen-bond acceptors (Lipinski definition) is 7. The summed E-state index contributed by atoms with van der Waals surface area (Å²) in [6.07, 6.45) is 2.92. The third-order valence-electron chi connectivity index (χ3n) is 2.14. The molecule has 1 unspecified atom stereocenters. The molecule has 0 bridgehead atoms. The van der Waals surface area contributed by atoms with E-state index in [0.29, 0.717) is 11.0 Å². The highest BCUT2D eigenvalue weighted by Gasteiger charge is 2.16. The van der Waals surface area contributed by atoms with Crippen LogP contribution in [0.4, 0.5) is 11.8 Å². The summed E-state index contributed by atoms with van der Waals surface area (Å²) in [6.45, 7) is 1.75. The van der Waals surface area contributed by atoms with Crippen LogP contribution in [-0.4, -0.2) is 31.1 Å². The van der Waals surface area contributed by atoms with Crippen molar-refractivity contribution >= 4 is 29.4 Å². The van der Waals surface area contributed by atoms with E-state index in [1.54, 1.807) is 31.3 Å². The summed E-state index contributed by atoms with van der Waals surface area (Å²) in [4.78, 5) is 27.5. The van der Waals surface area contributed by atoms with Crippen LogP contribution < -0.4 is 11.1 Å². The van der Waals surface area contributed by atoms with Crippen molar-refractivity contribution in [3.05, 3.63) is 30.7 Å². The fourth-order valence-corrected chi connectivity index (χ4v) is 1.96. The lowest BCUT2D eigenvalue weighted by molar-refractivity contribution is -0.115. The summed E-state index contributed by atoms with van der Waals surface area (Å²) in [5.74, 6) is 0.465. The topological polar surface area (TPSA) is 107 Å². The maximum absolute atomic E-state index is 11.9. The quantitative estimate of drug-likeness (QED) is 0.801. The molecule has 7 nitrogen and oxygen atoms in total. The number of thioether (sulfide) groups is 1. The Morgan fingerprint density at radius 2 is 2.21 bits per heavy atom. The lowest BCUT2D eigenvalue weighted by Crippen LogP contribution is -2.23. The largest absolute Gasteiger partial charge is 0.368 e. The van der Waals surface area contributed by atoms with E-state index in [1.165, 1.54) is 18.1 Å². The van der Waals surface area contributed by atoms with Gasteiger partial charge in [-0.3, -0.25) is 4.79 Å². The Balaban J connectivity index is 1.96. The van der Waals surface area contributed by atoms with Gasteiger partial charge < -0.3 is 11.1 Å². The smallest absolute Gasteiger partial charge is 0.238 e. The van der Waals surface area contributed by atoms with Gasteiger partial charge in [-0.25, -0.2) is 15.0 Å². The van der Waals surface area contributed by atoms with Crippen molar-refractivity contribution in [2.24, 2.45) is 0 Å². The lowest BCUT2D eigenvalue weighted by atomic mass is 10.4. The summed E-state index contributed by atoms with van der Waals surface area (Å²) < 4.78 is 0. The number of nitrogen functional groups attached to an aromatic ring is 1. The molecule has 0 saturated carbocycles. The van der Waals surface area contributed by atoms with Gasteiger partial charge in [0, 0.05) is 6.20 Å². The predicted molar refractivity (Wildman–Crippen MR) is 72.4 cm³/mol. The highest BCUT2D eigenvalue weighted by molar-refractivity contribution is 8.00. The Morgan fingerprint density at radius 1 is 1.37 bits per heavy atom. The van der Waals surface area contributed by atoms with Gasteiger partial charge in [0.05, 0.1) is 5.25 Å². The monoisotopic (exact) mass is 276 g/mol. The zero-order valence-corrected chi connectivity index (χ0v) is 11.0. The molecule has 0 aliphatic rings. The Bertz CT molecular complexity index is 564. The molecule has 1 atom stereocenters. The van der Waals surface area contributed by atoms with E-state index in [2.05, 4.69) is 25.3 Å². The average molecular weight is 276 g/mol. The number of rotatable bonds is 4. The molecule has 2 aromatic rings. The Kier molecular flexibility index (Phi) is 4.24. The number of aromatic nitrogens is 4. The average Bonchev–Trinajstić information content (AvgIpc) is 2.40. The summed E-state index contributed by atoms with van der Waals surface area (Å²) in [5, 5.41) is 2.74. The Labute approximate surface area is 114 Å². The molecule has 98 valence electrons. The number of nitrogens with one attached hydrogen (secondary N) is 1. The normalized spacial score (nSPS) is 11.8. The maximum atomic E-state index is 11.9. The van der Waals surface area contributed by atoms with Crippen molar-refractivity contribution in [2.45, 2.75) is 17.3 Å². The molecular weight excluding hydrogens is 264 g/mol. The fourth-order valence-electron chi connectivity index (χ4n) is 1.23. The number of nitrogens with two attached hydrogens (primary N) is 1. The lowest BCUT2D eigenvalue weighted by Gasteiger charge is -2.10. The fraction of sp³-hybridized carbons (Fsp3) is 0.182. The number of carbonyl (C=O) groups is 1. The molecule has 8 heteroatoms. The van der Waals surface area contributed by atoms with Crippen LogP contribution in [-0.2, 0) is 4.79 Å². The molecule has 0 aliphatic carbocycles. The van der Waals surface area contributed by atoms with Gasteiger partial charge in [0.1, 0.15) is 12.1 Å². The highest BCUT2D eigenvalue weighted by atomic mass is 32.2. The van der Waals surface area contributed by atoms with Crippen LogP contribution >= 0.6 is 11.8 Å². The first-order valence-corrected chi connectivity index (χ1v) is 6.36. The van der Waals surface area contributed by atoms with Crippen molar-refractivity contribution in [1.29, 1.82) is 0 Å². The molecule has 0 radical (unpaired) electrons. The van der Waals surface area contributed by atoms with Gasteiger partial charge in [-0.05, 0) is 19.1 Å². The van der Waals surface area contributed by atoms with Crippen LogP contribution in [0, 0.1) is 0 Å². The molecule has 0 aliphatic heterocycles. The minimum absolute atomic E-state index is 0.134. The van der Waals surface area contributed by atoms with E-state index < -0.39 is 0 Å². The molecule has 2 heterocycles. The SMILES string of the molecule is CC(Sc1ncnc(N)n1)C(=O)Nc1ccccn1. The van der Waals surface area contributed by atoms with E-state index >= 15 is 0 Å². The van der Waals surface area contributed by atoms with Crippen LogP contribution in [0.1, 0.15) is 6.92 Å². The van der Waals surface area contributed by atoms with Crippen LogP contribution in [0.15, 0.2) is 35.9 Å². The van der Waals surface area contributed by atoms with Crippen LogP contribution in [0.25, 0.3) is 0 Å². The summed E-state index contributed by atoms with van der Waals surface area (Å²) in [5.41, 5.74) is 5.45. The predicted octanol–water partition coefficient (Wildman–Crippen LogP) is 0.968. The van der Waals surface area contributed by atoms with Crippen molar-refractivity contribution in [3.8, 4) is 0 Å². The van der Waals surface area contributed by atoms with Crippen LogP contribution in [0.5, 0.6) is 0 Å². The van der Waals surface area contributed by atoms with E-state index in [0.717, 1.165) is 0 Å². The van der Waals surface area contributed by atoms with Gasteiger partial charge in [-0.2, -0.15) is 4.98 Å². The number of pyridine rings is 1. The van der Waals surface area contributed by atoms with E-state index in [-0.39, 0.29) is 17.1 Å².